The highest BCUT2D eigenvalue weighted by Gasteiger charge is 2.09. The first-order chi connectivity index (χ1) is 12.7. The highest BCUT2D eigenvalue weighted by molar-refractivity contribution is 5.83. The third-order valence-corrected chi connectivity index (χ3v) is 4.61. The molecule has 0 aliphatic carbocycles. The Labute approximate surface area is 152 Å². The van der Waals surface area contributed by atoms with E-state index in [1.165, 1.54) is 28.8 Å². The van der Waals surface area contributed by atoms with Crippen molar-refractivity contribution in [2.24, 2.45) is 0 Å². The minimum absolute atomic E-state index is 0.238. The summed E-state index contributed by atoms with van der Waals surface area (Å²) in [5, 5.41) is 0. The van der Waals surface area contributed by atoms with Crippen LogP contribution in [0.2, 0.25) is 0 Å². The molecule has 4 rings (SSSR count). The Kier molecular flexibility index (Phi) is 4.36. The first-order valence-electron chi connectivity index (χ1n) is 8.67. The van der Waals surface area contributed by atoms with Gasteiger partial charge in [-0.15, -0.1) is 0 Å². The van der Waals surface area contributed by atoms with Crippen molar-refractivity contribution in [1.29, 1.82) is 0 Å². The van der Waals surface area contributed by atoms with E-state index >= 15 is 0 Å². The van der Waals surface area contributed by atoms with Gasteiger partial charge in [0.2, 0.25) is 0 Å². The predicted molar refractivity (Wildman–Crippen MR) is 105 cm³/mol. The fourth-order valence-electron chi connectivity index (χ4n) is 3.20. The summed E-state index contributed by atoms with van der Waals surface area (Å²) < 4.78 is 15.2. The molecule has 1 aromatic heterocycles. The van der Waals surface area contributed by atoms with E-state index < -0.39 is 0 Å². The Morgan fingerprint density at radius 1 is 1.00 bits per heavy atom. The summed E-state index contributed by atoms with van der Waals surface area (Å²) in [4.78, 5) is 4.48. The lowest BCUT2D eigenvalue weighted by molar-refractivity contribution is 0.627. The molecule has 4 aromatic rings. The van der Waals surface area contributed by atoms with Gasteiger partial charge in [0.25, 0.3) is 0 Å². The van der Waals surface area contributed by atoms with Gasteiger partial charge in [0.1, 0.15) is 12.1 Å². The van der Waals surface area contributed by atoms with Gasteiger partial charge in [0, 0.05) is 5.69 Å². The summed E-state index contributed by atoms with van der Waals surface area (Å²) in [6.07, 6.45) is 4.83. The number of imidazole rings is 1. The Hall–Kier alpha value is -3.20. The van der Waals surface area contributed by atoms with Gasteiger partial charge in [0.05, 0.1) is 11.0 Å². The van der Waals surface area contributed by atoms with E-state index in [1.54, 1.807) is 18.5 Å². The van der Waals surface area contributed by atoms with Crippen LogP contribution in [0.3, 0.4) is 0 Å². The van der Waals surface area contributed by atoms with Crippen molar-refractivity contribution >= 4 is 16.6 Å². The molecule has 0 saturated heterocycles. The van der Waals surface area contributed by atoms with Gasteiger partial charge in [-0.3, -0.25) is 4.57 Å². The molecule has 0 atom stereocenters. The Morgan fingerprint density at radius 3 is 2.50 bits per heavy atom. The van der Waals surface area contributed by atoms with Crippen LogP contribution in [-0.2, 0) is 6.42 Å². The minimum atomic E-state index is -0.238. The summed E-state index contributed by atoms with van der Waals surface area (Å²) in [5.74, 6) is -0.238. The number of halogens is 1. The van der Waals surface area contributed by atoms with Crippen LogP contribution in [-0.4, -0.2) is 9.55 Å². The zero-order chi connectivity index (χ0) is 17.9. The largest absolute Gasteiger partial charge is 0.299 e. The highest BCUT2D eigenvalue weighted by Crippen LogP contribution is 2.25. The van der Waals surface area contributed by atoms with E-state index in [9.17, 15) is 4.39 Å². The fourth-order valence-corrected chi connectivity index (χ4v) is 3.20. The first-order valence-corrected chi connectivity index (χ1v) is 8.67. The summed E-state index contributed by atoms with van der Waals surface area (Å²) in [6, 6.07) is 23.2. The molecule has 128 valence electrons. The molecule has 1 heterocycles. The molecular weight excluding hydrogens is 323 g/mol. The maximum absolute atomic E-state index is 13.2. The van der Waals surface area contributed by atoms with E-state index in [4.69, 9.17) is 0 Å². The number of fused-ring (bicyclic) bond motifs is 1. The predicted octanol–water partition coefficient (Wildman–Crippen LogP) is 5.81. The SMILES string of the molecule is C/C=C(\Cc1ccccc1)c1ccc2ncn(-c3ccc(F)cc3)c2c1. The number of rotatable bonds is 4. The molecule has 0 bridgehead atoms. The van der Waals surface area contributed by atoms with Crippen molar-refractivity contribution in [3.63, 3.8) is 0 Å². The first kappa shape index (κ1) is 16.3. The molecule has 0 unspecified atom stereocenters. The number of allylic oxidation sites excluding steroid dienone is 2. The van der Waals surface area contributed by atoms with Gasteiger partial charge in [-0.25, -0.2) is 9.37 Å². The lowest BCUT2D eigenvalue weighted by Crippen LogP contribution is -1.94. The summed E-state index contributed by atoms with van der Waals surface area (Å²) in [6.45, 7) is 2.07. The van der Waals surface area contributed by atoms with Crippen LogP contribution >= 0.6 is 0 Å². The Morgan fingerprint density at radius 2 is 1.77 bits per heavy atom. The van der Waals surface area contributed by atoms with Gasteiger partial charge >= 0.3 is 0 Å². The molecule has 0 N–H and O–H groups in total. The zero-order valence-electron chi connectivity index (χ0n) is 14.6. The smallest absolute Gasteiger partial charge is 0.123 e. The van der Waals surface area contributed by atoms with Crippen LogP contribution in [0.15, 0.2) is 85.2 Å². The van der Waals surface area contributed by atoms with E-state index in [0.29, 0.717) is 0 Å². The normalized spacial score (nSPS) is 11.8. The van der Waals surface area contributed by atoms with E-state index in [-0.39, 0.29) is 5.82 Å². The van der Waals surface area contributed by atoms with Crippen molar-refractivity contribution < 1.29 is 4.39 Å². The number of nitrogens with zero attached hydrogens (tertiary/aromatic N) is 2. The third kappa shape index (κ3) is 3.16. The van der Waals surface area contributed by atoms with Gasteiger partial charge in [-0.1, -0.05) is 42.5 Å². The molecule has 26 heavy (non-hydrogen) atoms. The van der Waals surface area contributed by atoms with Crippen molar-refractivity contribution in [1.82, 2.24) is 9.55 Å². The molecule has 0 spiro atoms. The molecule has 0 aliphatic heterocycles. The summed E-state index contributed by atoms with van der Waals surface area (Å²) >= 11 is 0. The quantitative estimate of drug-likeness (QED) is 0.457. The second-order valence-corrected chi connectivity index (χ2v) is 6.27. The Bertz CT molecular complexity index is 1060. The molecule has 0 fully saturated rings. The fraction of sp³-hybridized carbons (Fsp3) is 0.0870. The molecule has 3 heteroatoms. The average molecular weight is 342 g/mol. The number of hydrogen-bond donors (Lipinski definition) is 0. The zero-order valence-corrected chi connectivity index (χ0v) is 14.6. The minimum Gasteiger partial charge on any atom is -0.299 e. The summed E-state index contributed by atoms with van der Waals surface area (Å²) in [7, 11) is 0. The molecule has 0 saturated carbocycles. The van der Waals surface area contributed by atoms with Gasteiger partial charge in [0.15, 0.2) is 0 Å². The van der Waals surface area contributed by atoms with Crippen molar-refractivity contribution in [3.8, 4) is 5.69 Å². The average Bonchev–Trinajstić information content (AvgIpc) is 3.11. The number of hydrogen-bond acceptors (Lipinski definition) is 1. The molecule has 2 nitrogen and oxygen atoms in total. The molecule has 3 aromatic carbocycles. The standard InChI is InChI=1S/C23H19FN2/c1-2-18(14-17-6-4-3-5-7-17)19-8-13-22-23(15-19)26(16-25-22)21-11-9-20(24)10-12-21/h2-13,15-16H,14H2,1H3/b18-2+. The van der Waals surface area contributed by atoms with E-state index in [2.05, 4.69) is 54.4 Å². The third-order valence-electron chi connectivity index (χ3n) is 4.61. The van der Waals surface area contributed by atoms with E-state index in [1.807, 2.05) is 16.7 Å². The number of benzene rings is 3. The van der Waals surface area contributed by atoms with Gasteiger partial charge in [-0.05, 0) is 66.4 Å². The van der Waals surface area contributed by atoms with Crippen LogP contribution in [0.5, 0.6) is 0 Å². The topological polar surface area (TPSA) is 17.8 Å². The Balaban J connectivity index is 1.74. The second-order valence-electron chi connectivity index (χ2n) is 6.27. The molecule has 0 amide bonds. The van der Waals surface area contributed by atoms with Crippen molar-refractivity contribution in [3.05, 3.63) is 102 Å². The lowest BCUT2D eigenvalue weighted by Gasteiger charge is -2.10. The second kappa shape index (κ2) is 6.96. The molecular formula is C23H19FN2. The lowest BCUT2D eigenvalue weighted by atomic mass is 9.97. The summed E-state index contributed by atoms with van der Waals surface area (Å²) in [5.41, 5.74) is 6.57. The van der Waals surface area contributed by atoms with Crippen LogP contribution < -0.4 is 0 Å². The monoisotopic (exact) mass is 342 g/mol. The number of aromatic nitrogens is 2. The highest BCUT2D eigenvalue weighted by atomic mass is 19.1. The van der Waals surface area contributed by atoms with E-state index in [0.717, 1.165) is 23.1 Å². The molecule has 0 radical (unpaired) electrons. The van der Waals surface area contributed by atoms with Gasteiger partial charge < -0.3 is 0 Å². The van der Waals surface area contributed by atoms with Crippen LogP contribution in [0.4, 0.5) is 4.39 Å². The van der Waals surface area contributed by atoms with Crippen LogP contribution in [0, 0.1) is 5.82 Å². The van der Waals surface area contributed by atoms with Crippen molar-refractivity contribution in [2.75, 3.05) is 0 Å². The maximum atomic E-state index is 13.2. The molecule has 0 aliphatic rings. The van der Waals surface area contributed by atoms with Crippen LogP contribution in [0.25, 0.3) is 22.3 Å². The maximum Gasteiger partial charge on any atom is 0.123 e. The van der Waals surface area contributed by atoms with Crippen LogP contribution in [0.1, 0.15) is 18.1 Å². The van der Waals surface area contributed by atoms with Gasteiger partial charge in [-0.2, -0.15) is 0 Å². The van der Waals surface area contributed by atoms with Crippen molar-refractivity contribution in [2.45, 2.75) is 13.3 Å².